The molecule has 0 aromatic carbocycles. The van der Waals surface area contributed by atoms with E-state index in [1.165, 1.54) is 6.07 Å². The second kappa shape index (κ2) is 7.21. The topological polar surface area (TPSA) is 92.7 Å². The first-order valence-electron chi connectivity index (χ1n) is 7.85. The molecule has 7 nitrogen and oxygen atoms in total. The molecule has 7 heteroatoms. The van der Waals surface area contributed by atoms with Crippen LogP contribution in [0.5, 0.6) is 0 Å². The van der Waals surface area contributed by atoms with Crippen LogP contribution in [0, 0.1) is 0 Å². The maximum Gasteiger partial charge on any atom is 0.253 e. The van der Waals surface area contributed by atoms with Gasteiger partial charge in [0.25, 0.3) is 5.91 Å². The van der Waals surface area contributed by atoms with Crippen molar-refractivity contribution in [3.05, 3.63) is 45.9 Å². The number of aromatic nitrogens is 4. The minimum Gasteiger partial charge on any atom is -0.342 e. The van der Waals surface area contributed by atoms with Crippen molar-refractivity contribution in [1.82, 2.24) is 25.1 Å². The molecule has 23 heavy (non-hydrogen) atoms. The maximum absolute atomic E-state index is 12.6. The van der Waals surface area contributed by atoms with E-state index in [0.29, 0.717) is 11.3 Å². The Morgan fingerprint density at radius 1 is 1.35 bits per heavy atom. The van der Waals surface area contributed by atoms with Gasteiger partial charge in [-0.25, -0.2) is 0 Å². The summed E-state index contributed by atoms with van der Waals surface area (Å²) in [6, 6.07) is 2.65. The fraction of sp³-hybridized carbons (Fsp3) is 0.500. The monoisotopic (exact) mass is 317 g/mol. The normalized spacial score (nSPS) is 12.4. The minimum absolute atomic E-state index is 0.0451. The Morgan fingerprint density at radius 2 is 2.09 bits per heavy atom. The molecule has 1 unspecified atom stereocenters. The molecule has 0 saturated heterocycles. The van der Waals surface area contributed by atoms with Crippen LogP contribution in [0.3, 0.4) is 0 Å². The van der Waals surface area contributed by atoms with Gasteiger partial charge in [0.15, 0.2) is 5.82 Å². The molecule has 0 radical (unpaired) electrons. The van der Waals surface area contributed by atoms with Gasteiger partial charge in [-0.1, -0.05) is 20.8 Å². The quantitative estimate of drug-likeness (QED) is 0.852. The van der Waals surface area contributed by atoms with Gasteiger partial charge in [0.2, 0.25) is 5.56 Å². The van der Waals surface area contributed by atoms with Crippen molar-refractivity contribution in [1.29, 1.82) is 0 Å². The van der Waals surface area contributed by atoms with Gasteiger partial charge < -0.3 is 14.9 Å². The highest BCUT2D eigenvalue weighted by Gasteiger charge is 2.19. The van der Waals surface area contributed by atoms with E-state index in [-0.39, 0.29) is 23.4 Å². The van der Waals surface area contributed by atoms with Crippen molar-refractivity contribution in [2.24, 2.45) is 0 Å². The number of aromatic amines is 1. The van der Waals surface area contributed by atoms with E-state index in [4.69, 9.17) is 0 Å². The second-order valence-corrected chi connectivity index (χ2v) is 5.88. The van der Waals surface area contributed by atoms with E-state index in [2.05, 4.69) is 27.4 Å². The van der Waals surface area contributed by atoms with Gasteiger partial charge in [-0.15, -0.1) is 10.2 Å². The first-order chi connectivity index (χ1) is 10.9. The third-order valence-corrected chi connectivity index (χ3v) is 3.62. The number of aryl methyl sites for hydroxylation is 1. The van der Waals surface area contributed by atoms with Gasteiger partial charge in [0, 0.05) is 18.3 Å². The maximum atomic E-state index is 12.6. The SMILES string of the molecule is CCCn1cnnc1C(C)NC(=O)c1ccc(=O)[nH]c1C(C)C. The molecule has 124 valence electrons. The lowest BCUT2D eigenvalue weighted by molar-refractivity contribution is 0.0935. The zero-order chi connectivity index (χ0) is 17.0. The molecule has 2 aromatic rings. The Morgan fingerprint density at radius 3 is 2.74 bits per heavy atom. The number of pyridine rings is 1. The van der Waals surface area contributed by atoms with Crippen molar-refractivity contribution in [3.8, 4) is 0 Å². The Balaban J connectivity index is 2.22. The van der Waals surface area contributed by atoms with Crippen molar-refractivity contribution in [3.63, 3.8) is 0 Å². The lowest BCUT2D eigenvalue weighted by Crippen LogP contribution is -2.30. The Labute approximate surface area is 135 Å². The molecule has 0 bridgehead atoms. The highest BCUT2D eigenvalue weighted by molar-refractivity contribution is 5.95. The largest absolute Gasteiger partial charge is 0.342 e. The van der Waals surface area contributed by atoms with Crippen LogP contribution in [0.2, 0.25) is 0 Å². The number of rotatable bonds is 6. The molecule has 0 aliphatic carbocycles. The molecule has 1 atom stereocenters. The van der Waals surface area contributed by atoms with Crippen molar-refractivity contribution in [2.45, 2.75) is 52.6 Å². The lowest BCUT2D eigenvalue weighted by atomic mass is 10.0. The molecular weight excluding hydrogens is 294 g/mol. The highest BCUT2D eigenvalue weighted by Crippen LogP contribution is 2.17. The lowest BCUT2D eigenvalue weighted by Gasteiger charge is -2.17. The van der Waals surface area contributed by atoms with Crippen LogP contribution >= 0.6 is 0 Å². The molecule has 0 spiro atoms. The zero-order valence-electron chi connectivity index (χ0n) is 14.0. The summed E-state index contributed by atoms with van der Waals surface area (Å²) in [5, 5.41) is 10.9. The van der Waals surface area contributed by atoms with Gasteiger partial charge >= 0.3 is 0 Å². The van der Waals surface area contributed by atoms with Crippen LogP contribution in [-0.4, -0.2) is 25.7 Å². The van der Waals surface area contributed by atoms with Gasteiger partial charge in [0.05, 0.1) is 11.6 Å². The number of carbonyl (C=O) groups excluding carboxylic acids is 1. The zero-order valence-corrected chi connectivity index (χ0v) is 14.0. The summed E-state index contributed by atoms with van der Waals surface area (Å²) in [6.07, 6.45) is 2.63. The number of H-pyrrole nitrogens is 1. The molecule has 0 fully saturated rings. The predicted octanol–water partition coefficient (Wildman–Crippen LogP) is 1.99. The highest BCUT2D eigenvalue weighted by atomic mass is 16.2. The van der Waals surface area contributed by atoms with Crippen LogP contribution < -0.4 is 10.9 Å². The first-order valence-corrected chi connectivity index (χ1v) is 7.85. The number of carbonyl (C=O) groups is 1. The fourth-order valence-corrected chi connectivity index (χ4v) is 2.50. The molecule has 0 saturated carbocycles. The van der Waals surface area contributed by atoms with Gasteiger partial charge in [-0.05, 0) is 25.3 Å². The minimum atomic E-state index is -0.275. The summed E-state index contributed by atoms with van der Waals surface area (Å²) < 4.78 is 1.93. The number of hydrogen-bond donors (Lipinski definition) is 2. The summed E-state index contributed by atoms with van der Waals surface area (Å²) in [5.41, 5.74) is 0.909. The average Bonchev–Trinajstić information content (AvgIpc) is 2.95. The van der Waals surface area contributed by atoms with E-state index in [1.807, 2.05) is 25.3 Å². The predicted molar refractivity (Wildman–Crippen MR) is 87.3 cm³/mol. The van der Waals surface area contributed by atoms with Gasteiger partial charge in [-0.3, -0.25) is 9.59 Å². The average molecular weight is 317 g/mol. The number of nitrogens with one attached hydrogen (secondary N) is 2. The summed E-state index contributed by atoms with van der Waals surface area (Å²) >= 11 is 0. The van der Waals surface area contributed by atoms with E-state index in [1.54, 1.807) is 12.4 Å². The molecule has 0 aliphatic rings. The van der Waals surface area contributed by atoms with Crippen LogP contribution in [-0.2, 0) is 6.54 Å². The van der Waals surface area contributed by atoms with Crippen molar-refractivity contribution >= 4 is 5.91 Å². The van der Waals surface area contributed by atoms with Crippen LogP contribution in [0.25, 0.3) is 0 Å². The van der Waals surface area contributed by atoms with Crippen molar-refractivity contribution in [2.75, 3.05) is 0 Å². The van der Waals surface area contributed by atoms with Gasteiger partial charge in [-0.2, -0.15) is 0 Å². The second-order valence-electron chi connectivity index (χ2n) is 5.88. The van der Waals surface area contributed by atoms with E-state index in [9.17, 15) is 9.59 Å². The fourth-order valence-electron chi connectivity index (χ4n) is 2.50. The summed E-state index contributed by atoms with van der Waals surface area (Å²) in [5.74, 6) is 0.530. The van der Waals surface area contributed by atoms with E-state index >= 15 is 0 Å². The number of nitrogens with zero attached hydrogens (tertiary/aromatic N) is 3. The molecule has 2 N–H and O–H groups in total. The van der Waals surface area contributed by atoms with E-state index < -0.39 is 0 Å². The Hall–Kier alpha value is -2.44. The third-order valence-electron chi connectivity index (χ3n) is 3.62. The Kier molecular flexibility index (Phi) is 5.31. The number of amides is 1. The number of hydrogen-bond acceptors (Lipinski definition) is 4. The van der Waals surface area contributed by atoms with E-state index in [0.717, 1.165) is 18.8 Å². The van der Waals surface area contributed by atoms with Gasteiger partial charge in [0.1, 0.15) is 6.33 Å². The summed E-state index contributed by atoms with van der Waals surface area (Å²) in [4.78, 5) is 26.8. The smallest absolute Gasteiger partial charge is 0.253 e. The standard InChI is InChI=1S/C16H23N5O2/c1-5-8-21-9-17-20-15(21)11(4)18-16(23)12-6-7-13(22)19-14(12)10(2)3/h6-7,9-11H,5,8H2,1-4H3,(H,18,23)(H,19,22). The molecule has 2 rings (SSSR count). The van der Waals surface area contributed by atoms with Crippen molar-refractivity contribution < 1.29 is 4.79 Å². The summed E-state index contributed by atoms with van der Waals surface area (Å²) in [6.45, 7) is 8.61. The first kappa shape index (κ1) is 16.9. The molecule has 2 aromatic heterocycles. The molecule has 1 amide bonds. The Bertz CT molecular complexity index is 732. The van der Waals surface area contributed by atoms with Crippen LogP contribution in [0.4, 0.5) is 0 Å². The van der Waals surface area contributed by atoms with Crippen LogP contribution in [0.15, 0.2) is 23.3 Å². The summed E-state index contributed by atoms with van der Waals surface area (Å²) in [7, 11) is 0. The third kappa shape index (κ3) is 3.85. The molecule has 2 heterocycles. The van der Waals surface area contributed by atoms with Crippen LogP contribution in [0.1, 0.15) is 68.0 Å². The molecular formula is C16H23N5O2. The molecule has 0 aliphatic heterocycles.